The average molecular weight is 266 g/mol. The lowest BCUT2D eigenvalue weighted by atomic mass is 10.1. The molecular weight excluding hydrogens is 240 g/mol. The van der Waals surface area contributed by atoms with Crippen molar-refractivity contribution in [3.8, 4) is 0 Å². The number of aryl methyl sites for hydroxylation is 1. The summed E-state index contributed by atoms with van der Waals surface area (Å²) in [6.07, 6.45) is 3.78. The molecule has 108 valence electrons. The van der Waals surface area contributed by atoms with Gasteiger partial charge in [-0.1, -0.05) is 13.8 Å². The molecule has 2 N–H and O–H groups in total. The van der Waals surface area contributed by atoms with Gasteiger partial charge in [0.2, 0.25) is 5.91 Å². The summed E-state index contributed by atoms with van der Waals surface area (Å²) in [4.78, 5) is 12.0. The van der Waals surface area contributed by atoms with Crippen molar-refractivity contribution < 1.29 is 4.79 Å². The summed E-state index contributed by atoms with van der Waals surface area (Å²) in [5, 5.41) is 10.5. The summed E-state index contributed by atoms with van der Waals surface area (Å²) < 4.78 is 1.84. The Bertz CT molecular complexity index is 410. The first-order chi connectivity index (χ1) is 8.99. The van der Waals surface area contributed by atoms with Gasteiger partial charge < -0.3 is 10.6 Å². The maximum Gasteiger partial charge on any atom is 0.237 e. The Morgan fingerprint density at radius 3 is 2.53 bits per heavy atom. The molecule has 5 heteroatoms. The Labute approximate surface area is 115 Å². The van der Waals surface area contributed by atoms with Crippen molar-refractivity contribution in [2.45, 2.75) is 59.2 Å². The second-order valence-corrected chi connectivity index (χ2v) is 5.00. The molecule has 0 aliphatic carbocycles. The van der Waals surface area contributed by atoms with E-state index < -0.39 is 0 Å². The predicted molar refractivity (Wildman–Crippen MR) is 76.8 cm³/mol. The number of aromatic nitrogens is 2. The molecule has 0 aromatic carbocycles. The van der Waals surface area contributed by atoms with Crippen LogP contribution in [0.5, 0.6) is 0 Å². The predicted octanol–water partition coefficient (Wildman–Crippen LogP) is 1.51. The summed E-state index contributed by atoms with van der Waals surface area (Å²) in [6.45, 7) is 8.76. The first-order valence-electron chi connectivity index (χ1n) is 7.00. The summed E-state index contributed by atoms with van der Waals surface area (Å²) in [7, 11) is 1.92. The fourth-order valence-corrected chi connectivity index (χ4v) is 1.89. The van der Waals surface area contributed by atoms with Crippen LogP contribution in [0.25, 0.3) is 0 Å². The van der Waals surface area contributed by atoms with Crippen molar-refractivity contribution in [3.63, 3.8) is 0 Å². The molecule has 1 heterocycles. The van der Waals surface area contributed by atoms with Crippen LogP contribution < -0.4 is 10.6 Å². The number of amides is 1. The number of nitrogens with one attached hydrogen (secondary N) is 2. The molecule has 0 saturated heterocycles. The molecule has 1 aromatic rings. The zero-order chi connectivity index (χ0) is 14.4. The number of hydrogen-bond acceptors (Lipinski definition) is 3. The fraction of sp³-hybridized carbons (Fsp3) is 0.714. The third-order valence-electron chi connectivity index (χ3n) is 3.66. The lowest BCUT2D eigenvalue weighted by Gasteiger charge is -2.19. The van der Waals surface area contributed by atoms with Gasteiger partial charge in [0.1, 0.15) is 0 Å². The molecule has 0 fully saturated rings. The van der Waals surface area contributed by atoms with Crippen LogP contribution in [-0.2, 0) is 18.4 Å². The van der Waals surface area contributed by atoms with Crippen LogP contribution in [0.2, 0.25) is 0 Å². The highest BCUT2D eigenvalue weighted by molar-refractivity contribution is 5.81. The maximum absolute atomic E-state index is 12.0. The minimum absolute atomic E-state index is 0.0650. The van der Waals surface area contributed by atoms with Gasteiger partial charge >= 0.3 is 0 Å². The molecule has 1 aromatic heterocycles. The fourth-order valence-electron chi connectivity index (χ4n) is 1.89. The van der Waals surface area contributed by atoms with Gasteiger partial charge in [0.05, 0.1) is 12.2 Å². The molecule has 19 heavy (non-hydrogen) atoms. The molecule has 0 spiro atoms. The SMILES string of the molecule is CCC(CC)NC(=O)C(C)NCc1cnn(C)c1C. The van der Waals surface area contributed by atoms with E-state index in [-0.39, 0.29) is 18.0 Å². The maximum atomic E-state index is 12.0. The molecule has 0 aliphatic rings. The number of carbonyl (C=O) groups is 1. The standard InChI is InChI=1S/C14H26N4O/c1-6-13(7-2)17-14(19)10(3)15-8-12-9-16-18(5)11(12)4/h9-10,13,15H,6-8H2,1-5H3,(H,17,19). The minimum Gasteiger partial charge on any atom is -0.352 e. The Morgan fingerprint density at radius 1 is 1.42 bits per heavy atom. The van der Waals surface area contributed by atoms with E-state index in [0.717, 1.165) is 24.1 Å². The first kappa shape index (κ1) is 15.7. The molecule has 0 aliphatic heterocycles. The summed E-state index contributed by atoms with van der Waals surface area (Å²) in [5.74, 6) is 0.0650. The highest BCUT2D eigenvalue weighted by atomic mass is 16.2. The zero-order valence-electron chi connectivity index (χ0n) is 12.7. The van der Waals surface area contributed by atoms with Crippen LogP contribution in [0.1, 0.15) is 44.9 Å². The Hall–Kier alpha value is -1.36. The molecule has 0 radical (unpaired) electrons. The molecule has 1 unspecified atom stereocenters. The Kier molecular flexibility index (Phi) is 6.02. The molecule has 5 nitrogen and oxygen atoms in total. The largest absolute Gasteiger partial charge is 0.352 e. The van der Waals surface area contributed by atoms with E-state index in [1.807, 2.05) is 31.8 Å². The number of carbonyl (C=O) groups excluding carboxylic acids is 1. The molecular formula is C14H26N4O. The van der Waals surface area contributed by atoms with Crippen molar-refractivity contribution in [3.05, 3.63) is 17.5 Å². The quantitative estimate of drug-likeness (QED) is 0.786. The summed E-state index contributed by atoms with van der Waals surface area (Å²) in [5.41, 5.74) is 2.25. The summed E-state index contributed by atoms with van der Waals surface area (Å²) >= 11 is 0. The van der Waals surface area contributed by atoms with Crippen LogP contribution in [0.15, 0.2) is 6.20 Å². The average Bonchev–Trinajstić information content (AvgIpc) is 2.73. The van der Waals surface area contributed by atoms with Crippen LogP contribution in [0.3, 0.4) is 0 Å². The normalized spacial score (nSPS) is 12.7. The lowest BCUT2D eigenvalue weighted by Crippen LogP contribution is -2.45. The summed E-state index contributed by atoms with van der Waals surface area (Å²) in [6, 6.07) is 0.0806. The molecule has 1 rings (SSSR count). The van der Waals surface area contributed by atoms with Crippen LogP contribution in [-0.4, -0.2) is 27.8 Å². The van der Waals surface area contributed by atoms with Gasteiger partial charge in [0.15, 0.2) is 0 Å². The van der Waals surface area contributed by atoms with E-state index in [9.17, 15) is 4.79 Å². The van der Waals surface area contributed by atoms with Gasteiger partial charge in [-0.05, 0) is 26.7 Å². The second kappa shape index (κ2) is 7.28. The van der Waals surface area contributed by atoms with Crippen molar-refractivity contribution in [1.82, 2.24) is 20.4 Å². The van der Waals surface area contributed by atoms with Crippen molar-refractivity contribution in [1.29, 1.82) is 0 Å². The van der Waals surface area contributed by atoms with Gasteiger partial charge in [0.25, 0.3) is 0 Å². The second-order valence-electron chi connectivity index (χ2n) is 5.00. The van der Waals surface area contributed by atoms with Gasteiger partial charge in [-0.3, -0.25) is 9.48 Å². The van der Waals surface area contributed by atoms with Gasteiger partial charge in [0, 0.05) is 30.9 Å². The molecule has 0 saturated carbocycles. The van der Waals surface area contributed by atoms with E-state index >= 15 is 0 Å². The lowest BCUT2D eigenvalue weighted by molar-refractivity contribution is -0.123. The van der Waals surface area contributed by atoms with E-state index in [1.54, 1.807) is 0 Å². The number of hydrogen-bond donors (Lipinski definition) is 2. The van der Waals surface area contributed by atoms with Crippen LogP contribution in [0.4, 0.5) is 0 Å². The van der Waals surface area contributed by atoms with Crippen molar-refractivity contribution in [2.75, 3.05) is 0 Å². The Morgan fingerprint density at radius 2 is 2.05 bits per heavy atom. The third-order valence-corrected chi connectivity index (χ3v) is 3.66. The highest BCUT2D eigenvalue weighted by Crippen LogP contribution is 2.05. The van der Waals surface area contributed by atoms with Gasteiger partial charge in [-0.15, -0.1) is 0 Å². The zero-order valence-corrected chi connectivity index (χ0v) is 12.7. The monoisotopic (exact) mass is 266 g/mol. The molecule has 1 atom stereocenters. The van der Waals surface area contributed by atoms with Gasteiger partial charge in [-0.2, -0.15) is 5.10 Å². The number of nitrogens with zero attached hydrogens (tertiary/aromatic N) is 2. The molecule has 1 amide bonds. The van der Waals surface area contributed by atoms with E-state index in [4.69, 9.17) is 0 Å². The Balaban J connectivity index is 2.44. The third kappa shape index (κ3) is 4.35. The number of rotatable bonds is 7. The van der Waals surface area contributed by atoms with Gasteiger partial charge in [-0.25, -0.2) is 0 Å². The molecule has 0 bridgehead atoms. The van der Waals surface area contributed by atoms with E-state index in [2.05, 4.69) is 29.6 Å². The van der Waals surface area contributed by atoms with E-state index in [0.29, 0.717) is 6.54 Å². The highest BCUT2D eigenvalue weighted by Gasteiger charge is 2.15. The minimum atomic E-state index is -0.194. The van der Waals surface area contributed by atoms with Crippen molar-refractivity contribution in [2.24, 2.45) is 7.05 Å². The van der Waals surface area contributed by atoms with Crippen LogP contribution >= 0.6 is 0 Å². The van der Waals surface area contributed by atoms with Crippen LogP contribution in [0, 0.1) is 6.92 Å². The van der Waals surface area contributed by atoms with Crippen molar-refractivity contribution >= 4 is 5.91 Å². The smallest absolute Gasteiger partial charge is 0.237 e. The first-order valence-corrected chi connectivity index (χ1v) is 7.00. The van der Waals surface area contributed by atoms with E-state index in [1.165, 1.54) is 0 Å². The topological polar surface area (TPSA) is 59.0 Å².